The average molecular weight is 157 g/mol. The molecule has 0 unspecified atom stereocenters. The van der Waals surface area contributed by atoms with Gasteiger partial charge in [0.25, 0.3) is 0 Å². The van der Waals surface area contributed by atoms with E-state index in [1.54, 1.807) is 7.05 Å². The molecule has 0 aliphatic rings. The van der Waals surface area contributed by atoms with Crippen LogP contribution in [0.25, 0.3) is 0 Å². The Kier molecular flexibility index (Phi) is 4.29. The highest BCUT2D eigenvalue weighted by Crippen LogP contribution is 1.48. The fourth-order valence-electron chi connectivity index (χ4n) is 0.0304. The van der Waals surface area contributed by atoms with Crippen LogP contribution < -0.4 is 0 Å². The summed E-state index contributed by atoms with van der Waals surface area (Å²) in [6.45, 7) is 0. The highest BCUT2D eigenvalue weighted by atomic mass is 33.2. The lowest BCUT2D eigenvalue weighted by Crippen LogP contribution is -1.43. The van der Waals surface area contributed by atoms with E-state index in [0.29, 0.717) is 0 Å². The smallest absolute Gasteiger partial charge is 0.0408 e. The van der Waals surface area contributed by atoms with Crippen molar-refractivity contribution < 1.29 is 0 Å². The summed E-state index contributed by atoms with van der Waals surface area (Å²) >= 11 is 9.16. The maximum absolute atomic E-state index is 4.66. The van der Waals surface area contributed by atoms with Gasteiger partial charge in [-0.25, -0.2) is 4.36 Å². The van der Waals surface area contributed by atoms with Gasteiger partial charge in [0.05, 0.1) is 0 Å². The average Bonchev–Trinajstić information content (AvgIpc) is 1.65. The van der Waals surface area contributed by atoms with Gasteiger partial charge in [0, 0.05) is 46.1 Å². The van der Waals surface area contributed by atoms with Crippen LogP contribution in [0.1, 0.15) is 0 Å². The minimum atomic E-state index is -0.344. The molecule has 0 aromatic heterocycles. The summed E-state index contributed by atoms with van der Waals surface area (Å²) in [5.41, 5.74) is 0. The molecule has 36 valence electrons. The van der Waals surface area contributed by atoms with Crippen molar-refractivity contribution >= 4 is 39.1 Å². The van der Waals surface area contributed by atoms with Crippen molar-refractivity contribution in [3.63, 3.8) is 0 Å². The molecule has 0 aliphatic carbocycles. The summed E-state index contributed by atoms with van der Waals surface area (Å²) in [6.07, 6.45) is 0. The van der Waals surface area contributed by atoms with Crippen LogP contribution in [0, 0.1) is 0 Å². The number of nitrogens with zero attached hydrogens (tertiary/aromatic N) is 1. The van der Waals surface area contributed by atoms with E-state index in [4.69, 9.17) is 0 Å². The molecule has 0 aliphatic heterocycles. The summed E-state index contributed by atoms with van der Waals surface area (Å²) in [6, 6.07) is 0. The second-order valence-electron chi connectivity index (χ2n) is 0.468. The van der Waals surface area contributed by atoms with E-state index < -0.39 is 0 Å². The predicted octanol–water partition coefficient (Wildman–Crippen LogP) is 0.340. The van der Waals surface area contributed by atoms with Crippen LogP contribution in [0.15, 0.2) is 4.36 Å². The molecule has 0 atom stereocenters. The Labute approximate surface area is 50.6 Å². The summed E-state index contributed by atoms with van der Waals surface area (Å²) < 4.78 is 3.71. The molecule has 0 saturated carbocycles. The van der Waals surface area contributed by atoms with Crippen molar-refractivity contribution in [3.05, 3.63) is 0 Å². The van der Waals surface area contributed by atoms with Crippen molar-refractivity contribution in [1.29, 1.82) is 0 Å². The van der Waals surface area contributed by atoms with Crippen molar-refractivity contribution in [2.75, 3.05) is 7.05 Å². The van der Waals surface area contributed by atoms with E-state index in [-0.39, 0.29) is 7.81 Å². The largest absolute Gasteiger partial charge is 0.224 e. The van der Waals surface area contributed by atoms with Gasteiger partial charge in [-0.1, -0.05) is 0 Å². The lowest BCUT2D eigenvalue weighted by Gasteiger charge is -1.51. The van der Waals surface area contributed by atoms with Gasteiger partial charge in [-0.15, -0.1) is 0 Å². The third-order valence-corrected chi connectivity index (χ3v) is 4.41. The first-order valence-electron chi connectivity index (χ1n) is 1.13. The molecule has 1 nitrogen and oxygen atoms in total. The molecule has 0 spiro atoms. The maximum Gasteiger partial charge on any atom is 0.0408 e. The number of hydrogen-bond donors (Lipinski definition) is 0. The molecular formula is CH3NS4. The Morgan fingerprint density at radius 1 is 1.83 bits per heavy atom. The Bertz CT molecular complexity index is 170. The molecule has 0 saturated heterocycles. The van der Waals surface area contributed by atoms with Crippen molar-refractivity contribution in [1.82, 2.24) is 0 Å². The van der Waals surface area contributed by atoms with Gasteiger partial charge in [0.15, 0.2) is 0 Å². The standard InChI is InChI=1S/CH3NS4/c1-2-6(4)5-3/h1H3. The zero-order valence-corrected chi connectivity index (χ0v) is 6.35. The third-order valence-electron chi connectivity index (χ3n) is 0.207. The molecule has 0 heterocycles. The van der Waals surface area contributed by atoms with Gasteiger partial charge in [-0.2, -0.15) is 0 Å². The number of rotatable bonds is 0. The second-order valence-corrected chi connectivity index (χ2v) is 5.56. The summed E-state index contributed by atoms with van der Waals surface area (Å²) in [5.74, 6) is 0. The zero-order chi connectivity index (χ0) is 4.99. The Morgan fingerprint density at radius 2 is 2.33 bits per heavy atom. The first kappa shape index (κ1) is 6.68. The SMILES string of the molecule is CN=S(=S)=S=S. The minimum Gasteiger partial charge on any atom is -0.224 e. The zero-order valence-electron chi connectivity index (χ0n) is 3.08. The highest BCUT2D eigenvalue weighted by Gasteiger charge is 1.41. The minimum absolute atomic E-state index is 0.344. The van der Waals surface area contributed by atoms with Crippen LogP contribution >= 0.6 is 0 Å². The molecule has 0 aromatic rings. The lowest BCUT2D eigenvalue weighted by atomic mass is 11.6. The van der Waals surface area contributed by atoms with Crippen LogP contribution in [0.3, 0.4) is 0 Å². The normalized spacial score (nSPS) is 6.83. The Balaban J connectivity index is 4.85. The molecule has 0 aromatic carbocycles. The third kappa shape index (κ3) is 2.89. The van der Waals surface area contributed by atoms with E-state index in [9.17, 15) is 0 Å². The Morgan fingerprint density at radius 3 is 2.33 bits per heavy atom. The molecule has 0 radical (unpaired) electrons. The first-order valence-corrected chi connectivity index (χ1v) is 5.49. The van der Waals surface area contributed by atoms with E-state index in [1.807, 2.05) is 0 Å². The van der Waals surface area contributed by atoms with Gasteiger partial charge < -0.3 is 0 Å². The molecular weight excluding hydrogens is 154 g/mol. The Hall–Kier alpha value is 0.680. The van der Waals surface area contributed by atoms with Crippen molar-refractivity contribution in [3.8, 4) is 0 Å². The van der Waals surface area contributed by atoms with Crippen LogP contribution in [0.5, 0.6) is 0 Å². The quantitative estimate of drug-likeness (QED) is 0.503. The maximum atomic E-state index is 4.66. The molecule has 0 fully saturated rings. The van der Waals surface area contributed by atoms with E-state index in [0.717, 1.165) is 0 Å². The van der Waals surface area contributed by atoms with E-state index in [1.165, 1.54) is 8.88 Å². The van der Waals surface area contributed by atoms with Gasteiger partial charge >= 0.3 is 0 Å². The lowest BCUT2D eigenvalue weighted by molar-refractivity contribution is 1.53. The summed E-state index contributed by atoms with van der Waals surface area (Å²) in [7, 11) is 2.52. The molecule has 6 heavy (non-hydrogen) atoms. The molecule has 0 amide bonds. The van der Waals surface area contributed by atoms with Crippen molar-refractivity contribution in [2.24, 2.45) is 4.36 Å². The first-order chi connectivity index (χ1) is 2.81. The molecule has 5 heteroatoms. The van der Waals surface area contributed by atoms with E-state index in [2.05, 4.69) is 26.7 Å². The van der Waals surface area contributed by atoms with Gasteiger partial charge in [-0.05, 0) is 0 Å². The number of hydrogen-bond acceptors (Lipinski definition) is 3. The fraction of sp³-hybridized carbons (Fsp3) is 1.00. The second kappa shape index (κ2) is 3.86. The molecule has 0 bridgehead atoms. The molecule has 0 N–H and O–H groups in total. The topological polar surface area (TPSA) is 12.4 Å². The van der Waals surface area contributed by atoms with Crippen molar-refractivity contribution in [2.45, 2.75) is 0 Å². The molecule has 0 rings (SSSR count). The van der Waals surface area contributed by atoms with Crippen LogP contribution in [0.2, 0.25) is 0 Å². The summed E-state index contributed by atoms with van der Waals surface area (Å²) in [4.78, 5) is 0. The van der Waals surface area contributed by atoms with Gasteiger partial charge in [0.2, 0.25) is 0 Å². The summed E-state index contributed by atoms with van der Waals surface area (Å²) in [5, 5.41) is 0. The van der Waals surface area contributed by atoms with Crippen LogP contribution in [-0.4, -0.2) is 7.05 Å². The van der Waals surface area contributed by atoms with E-state index >= 15 is 0 Å². The van der Waals surface area contributed by atoms with Crippen LogP contribution in [-0.2, 0) is 39.1 Å². The van der Waals surface area contributed by atoms with Crippen LogP contribution in [0.4, 0.5) is 0 Å². The van der Waals surface area contributed by atoms with Gasteiger partial charge in [0.1, 0.15) is 0 Å². The predicted molar refractivity (Wildman–Crippen MR) is 37.8 cm³/mol. The fourth-order valence-corrected chi connectivity index (χ4v) is 0.822. The van der Waals surface area contributed by atoms with Gasteiger partial charge in [-0.3, -0.25) is 0 Å². The monoisotopic (exact) mass is 157 g/mol. The highest BCUT2D eigenvalue weighted by molar-refractivity contribution is 8.54.